The molecule has 0 saturated carbocycles. The number of aromatic nitrogens is 1. The highest BCUT2D eigenvalue weighted by atomic mass is 16.4. The van der Waals surface area contributed by atoms with Crippen LogP contribution in [0.5, 0.6) is 0 Å². The molecule has 2 N–H and O–H groups in total. The summed E-state index contributed by atoms with van der Waals surface area (Å²) in [6, 6.07) is 17.3. The van der Waals surface area contributed by atoms with E-state index in [-0.39, 0.29) is 11.8 Å². The van der Waals surface area contributed by atoms with Gasteiger partial charge in [0.25, 0.3) is 5.91 Å². The van der Waals surface area contributed by atoms with Crippen molar-refractivity contribution in [3.63, 3.8) is 0 Å². The van der Waals surface area contributed by atoms with Crippen molar-refractivity contribution in [3.8, 4) is 11.1 Å². The number of amides is 1. The predicted molar refractivity (Wildman–Crippen MR) is 139 cm³/mol. The van der Waals surface area contributed by atoms with Crippen molar-refractivity contribution in [3.05, 3.63) is 77.5 Å². The van der Waals surface area contributed by atoms with Crippen LogP contribution in [0.3, 0.4) is 0 Å². The van der Waals surface area contributed by atoms with E-state index < -0.39 is 12.0 Å². The maximum atomic E-state index is 13.0. The average molecular weight is 472 g/mol. The number of carbonyl (C=O) groups excluding carboxylic acids is 1. The minimum atomic E-state index is -0.972. The molecule has 35 heavy (non-hydrogen) atoms. The van der Waals surface area contributed by atoms with Crippen LogP contribution in [0.2, 0.25) is 0 Å². The van der Waals surface area contributed by atoms with Crippen molar-refractivity contribution in [2.24, 2.45) is 5.92 Å². The Kier molecular flexibility index (Phi) is 7.49. The summed E-state index contributed by atoms with van der Waals surface area (Å²) in [4.78, 5) is 30.8. The third-order valence-electron chi connectivity index (χ3n) is 6.55. The second-order valence-electron chi connectivity index (χ2n) is 9.54. The Labute approximate surface area is 207 Å². The summed E-state index contributed by atoms with van der Waals surface area (Å²) in [5.74, 6) is -0.629. The molecule has 182 valence electrons. The van der Waals surface area contributed by atoms with Gasteiger partial charge in [0.15, 0.2) is 0 Å². The molecule has 1 aliphatic rings. The lowest BCUT2D eigenvalue weighted by atomic mass is 10.0. The summed E-state index contributed by atoms with van der Waals surface area (Å²) in [6.07, 6.45) is 6.60. The fourth-order valence-corrected chi connectivity index (χ4v) is 4.63. The van der Waals surface area contributed by atoms with Crippen LogP contribution in [-0.2, 0) is 17.8 Å². The van der Waals surface area contributed by atoms with Crippen LogP contribution >= 0.6 is 0 Å². The van der Waals surface area contributed by atoms with E-state index in [1.165, 1.54) is 29.7 Å². The zero-order chi connectivity index (χ0) is 24.9. The van der Waals surface area contributed by atoms with Gasteiger partial charge in [0.05, 0.1) is 0 Å². The van der Waals surface area contributed by atoms with E-state index in [0.29, 0.717) is 12.1 Å². The van der Waals surface area contributed by atoms with Crippen molar-refractivity contribution in [2.45, 2.75) is 59.0 Å². The number of hydrogen-bond donors (Lipinski definition) is 2. The Morgan fingerprint density at radius 3 is 2.43 bits per heavy atom. The summed E-state index contributed by atoms with van der Waals surface area (Å²) in [6.45, 7) is 6.18. The van der Waals surface area contributed by atoms with Gasteiger partial charge in [0.2, 0.25) is 0 Å². The van der Waals surface area contributed by atoms with Gasteiger partial charge in [0.1, 0.15) is 11.9 Å². The summed E-state index contributed by atoms with van der Waals surface area (Å²) in [5, 5.41) is 13.0. The first kappa shape index (κ1) is 24.5. The Morgan fingerprint density at radius 2 is 1.80 bits per heavy atom. The van der Waals surface area contributed by atoms with Gasteiger partial charge in [-0.15, -0.1) is 0 Å². The fraction of sp³-hybridized carbons (Fsp3) is 0.345. The molecule has 0 saturated heterocycles. The van der Waals surface area contributed by atoms with Crippen LogP contribution < -0.4 is 5.32 Å². The van der Waals surface area contributed by atoms with Crippen LogP contribution in [0.1, 0.15) is 61.5 Å². The highest BCUT2D eigenvalue weighted by molar-refractivity contribution is 6.01. The first-order valence-corrected chi connectivity index (χ1v) is 12.4. The molecule has 6 heteroatoms. The zero-order valence-corrected chi connectivity index (χ0v) is 20.6. The molecule has 2 aromatic carbocycles. The SMILES string of the molecule is CCCCCc1ccc(Nc2ccc(-c3ccc4c(c3)C(=O)N(C(C(=O)O)C(C)C)C4)cn2)cc1. The number of benzene rings is 2. The number of fused-ring (bicyclic) bond motifs is 1. The van der Waals surface area contributed by atoms with Crippen LogP contribution in [0.4, 0.5) is 11.5 Å². The van der Waals surface area contributed by atoms with Crippen molar-refractivity contribution in [2.75, 3.05) is 5.32 Å². The second-order valence-corrected chi connectivity index (χ2v) is 9.54. The summed E-state index contributed by atoms with van der Waals surface area (Å²) >= 11 is 0. The molecule has 1 atom stereocenters. The summed E-state index contributed by atoms with van der Waals surface area (Å²) < 4.78 is 0. The lowest BCUT2D eigenvalue weighted by Crippen LogP contribution is -2.44. The summed E-state index contributed by atoms with van der Waals surface area (Å²) in [5.41, 5.74) is 5.54. The highest BCUT2D eigenvalue weighted by Crippen LogP contribution is 2.31. The van der Waals surface area contributed by atoms with Crippen LogP contribution in [0.25, 0.3) is 11.1 Å². The molecule has 0 bridgehead atoms. The number of pyridine rings is 1. The number of unbranched alkanes of at least 4 members (excludes halogenated alkanes) is 2. The van der Waals surface area contributed by atoms with E-state index in [4.69, 9.17) is 0 Å². The van der Waals surface area contributed by atoms with Crippen molar-refractivity contribution < 1.29 is 14.7 Å². The zero-order valence-electron chi connectivity index (χ0n) is 20.6. The Bertz CT molecular complexity index is 1190. The number of carboxylic acids is 1. The monoisotopic (exact) mass is 471 g/mol. The Hall–Kier alpha value is -3.67. The van der Waals surface area contributed by atoms with E-state index >= 15 is 0 Å². The fourth-order valence-electron chi connectivity index (χ4n) is 4.63. The number of nitrogens with zero attached hydrogens (tertiary/aromatic N) is 2. The molecule has 0 spiro atoms. The molecule has 1 aromatic heterocycles. The molecular formula is C29H33N3O3. The number of rotatable bonds is 10. The minimum absolute atomic E-state index is 0.174. The van der Waals surface area contributed by atoms with Gasteiger partial charge in [-0.3, -0.25) is 4.79 Å². The maximum Gasteiger partial charge on any atom is 0.326 e. The highest BCUT2D eigenvalue weighted by Gasteiger charge is 2.38. The van der Waals surface area contributed by atoms with E-state index in [1.807, 2.05) is 44.2 Å². The molecule has 2 heterocycles. The first-order valence-electron chi connectivity index (χ1n) is 12.4. The number of anilines is 2. The molecule has 1 unspecified atom stereocenters. The number of aryl methyl sites for hydroxylation is 1. The van der Waals surface area contributed by atoms with Crippen molar-refractivity contribution >= 4 is 23.4 Å². The normalized spacial score (nSPS) is 13.7. The molecule has 4 rings (SSSR count). The largest absolute Gasteiger partial charge is 0.480 e. The number of aliphatic carboxylic acids is 1. The lowest BCUT2D eigenvalue weighted by Gasteiger charge is -2.27. The van der Waals surface area contributed by atoms with Crippen LogP contribution in [0, 0.1) is 5.92 Å². The molecular weight excluding hydrogens is 438 g/mol. The van der Waals surface area contributed by atoms with Gasteiger partial charge in [-0.2, -0.15) is 0 Å². The molecule has 3 aromatic rings. The standard InChI is InChI=1S/C29H33N3O3/c1-4-5-6-7-20-8-13-24(14-9-20)31-26-15-12-22(17-30-26)21-10-11-23-18-32(28(33)25(23)16-21)27(19(2)3)29(34)35/h8-17,19,27H,4-7,18H2,1-3H3,(H,30,31)(H,34,35). The molecule has 1 aliphatic heterocycles. The third kappa shape index (κ3) is 5.53. The minimum Gasteiger partial charge on any atom is -0.480 e. The molecule has 1 amide bonds. The van der Waals surface area contributed by atoms with Gasteiger partial charge in [0, 0.05) is 29.6 Å². The molecule has 6 nitrogen and oxygen atoms in total. The van der Waals surface area contributed by atoms with Crippen molar-refractivity contribution in [1.29, 1.82) is 0 Å². The van der Waals surface area contributed by atoms with Gasteiger partial charge in [-0.05, 0) is 65.8 Å². The first-order chi connectivity index (χ1) is 16.9. The van der Waals surface area contributed by atoms with Crippen molar-refractivity contribution in [1.82, 2.24) is 9.88 Å². The van der Waals surface area contributed by atoms with Gasteiger partial charge >= 0.3 is 5.97 Å². The Balaban J connectivity index is 1.45. The quantitative estimate of drug-likeness (QED) is 0.340. The third-order valence-corrected chi connectivity index (χ3v) is 6.55. The molecule has 0 radical (unpaired) electrons. The van der Waals surface area contributed by atoms with E-state index in [9.17, 15) is 14.7 Å². The summed E-state index contributed by atoms with van der Waals surface area (Å²) in [7, 11) is 0. The van der Waals surface area contributed by atoms with Gasteiger partial charge in [-0.25, -0.2) is 9.78 Å². The topological polar surface area (TPSA) is 82.5 Å². The predicted octanol–water partition coefficient (Wildman–Crippen LogP) is 6.29. The van der Waals surface area contributed by atoms with Gasteiger partial charge in [-0.1, -0.05) is 57.9 Å². The van der Waals surface area contributed by atoms with E-state index in [2.05, 4.69) is 41.5 Å². The number of carbonyl (C=O) groups is 2. The number of carboxylic acid groups (broad SMARTS) is 1. The van der Waals surface area contributed by atoms with Gasteiger partial charge < -0.3 is 15.3 Å². The molecule has 0 fully saturated rings. The molecule has 0 aliphatic carbocycles. The van der Waals surface area contributed by atoms with E-state index in [1.54, 1.807) is 6.20 Å². The maximum absolute atomic E-state index is 13.0. The smallest absolute Gasteiger partial charge is 0.326 e. The van der Waals surface area contributed by atoms with E-state index in [0.717, 1.165) is 34.6 Å². The average Bonchev–Trinajstić information content (AvgIpc) is 3.15. The van der Waals surface area contributed by atoms with Crippen LogP contribution in [-0.4, -0.2) is 32.9 Å². The number of hydrogen-bond acceptors (Lipinski definition) is 4. The lowest BCUT2D eigenvalue weighted by molar-refractivity contribution is -0.144. The number of nitrogens with one attached hydrogen (secondary N) is 1. The second kappa shape index (κ2) is 10.7. The van der Waals surface area contributed by atoms with Crippen LogP contribution in [0.15, 0.2) is 60.8 Å². The Morgan fingerprint density at radius 1 is 1.06 bits per heavy atom.